The lowest BCUT2D eigenvalue weighted by atomic mass is 9.95. The maximum absolute atomic E-state index is 12.8. The zero-order valence-corrected chi connectivity index (χ0v) is 19.3. The van der Waals surface area contributed by atoms with Gasteiger partial charge in [-0.05, 0) is 74.9 Å². The average Bonchev–Trinajstić information content (AvgIpc) is 2.80. The molecule has 168 valence electrons. The SMILES string of the molecule is Cc1cc(C)c(C(=O)C(C)OC(=O)C2CCN(C(=O)/C=C/c3ccccc3)CC2)cc1C. The quantitative estimate of drug-likeness (QED) is 0.377. The molecule has 1 aliphatic heterocycles. The van der Waals surface area contributed by atoms with Crippen molar-refractivity contribution in [2.24, 2.45) is 5.92 Å². The molecule has 1 unspecified atom stereocenters. The van der Waals surface area contributed by atoms with Crippen molar-refractivity contribution in [2.45, 2.75) is 46.6 Å². The molecule has 32 heavy (non-hydrogen) atoms. The summed E-state index contributed by atoms with van der Waals surface area (Å²) >= 11 is 0. The standard InChI is InChI=1S/C27H31NO4/c1-18-16-20(3)24(17-19(18)2)26(30)21(4)32-27(31)23-12-14-28(15-13-23)25(29)11-10-22-8-6-5-7-9-22/h5-11,16-17,21,23H,12-15H2,1-4H3/b11-10+. The fraction of sp³-hybridized carbons (Fsp3) is 0.370. The van der Waals surface area contributed by atoms with Crippen molar-refractivity contribution in [3.8, 4) is 0 Å². The van der Waals surface area contributed by atoms with Crippen molar-refractivity contribution in [2.75, 3.05) is 13.1 Å². The lowest BCUT2D eigenvalue weighted by molar-refractivity contribution is -0.153. The highest BCUT2D eigenvalue weighted by Gasteiger charge is 2.30. The minimum Gasteiger partial charge on any atom is -0.454 e. The van der Waals surface area contributed by atoms with Gasteiger partial charge in [-0.15, -0.1) is 0 Å². The van der Waals surface area contributed by atoms with Gasteiger partial charge in [0.25, 0.3) is 0 Å². The molecule has 1 saturated heterocycles. The Balaban J connectivity index is 1.52. The van der Waals surface area contributed by atoms with Crippen LogP contribution in [0.5, 0.6) is 0 Å². The smallest absolute Gasteiger partial charge is 0.309 e. The monoisotopic (exact) mass is 433 g/mol. The number of ether oxygens (including phenoxy) is 1. The number of rotatable bonds is 6. The number of aryl methyl sites for hydroxylation is 3. The third kappa shape index (κ3) is 5.72. The van der Waals surface area contributed by atoms with E-state index < -0.39 is 6.10 Å². The number of carbonyl (C=O) groups excluding carboxylic acids is 3. The van der Waals surface area contributed by atoms with Crippen LogP contribution in [0.2, 0.25) is 0 Å². The minimum atomic E-state index is -0.836. The lowest BCUT2D eigenvalue weighted by Gasteiger charge is -2.30. The van der Waals surface area contributed by atoms with Gasteiger partial charge in [-0.2, -0.15) is 0 Å². The van der Waals surface area contributed by atoms with Crippen molar-refractivity contribution < 1.29 is 19.1 Å². The summed E-state index contributed by atoms with van der Waals surface area (Å²) in [5.74, 6) is -0.903. The Bertz CT molecular complexity index is 1020. The molecule has 1 aliphatic rings. The van der Waals surface area contributed by atoms with Crippen LogP contribution in [0.25, 0.3) is 6.08 Å². The molecule has 5 nitrogen and oxygen atoms in total. The molecule has 0 spiro atoms. The highest BCUT2D eigenvalue weighted by molar-refractivity contribution is 6.01. The van der Waals surface area contributed by atoms with Gasteiger partial charge in [-0.25, -0.2) is 0 Å². The fourth-order valence-corrected chi connectivity index (χ4v) is 3.94. The number of carbonyl (C=O) groups is 3. The van der Waals surface area contributed by atoms with Gasteiger partial charge < -0.3 is 9.64 Å². The topological polar surface area (TPSA) is 63.7 Å². The third-order valence-corrected chi connectivity index (χ3v) is 6.13. The molecule has 2 aromatic rings. The maximum atomic E-state index is 12.8. The van der Waals surface area contributed by atoms with Gasteiger partial charge in [-0.1, -0.05) is 36.4 Å². The third-order valence-electron chi connectivity index (χ3n) is 6.13. The molecular weight excluding hydrogens is 402 g/mol. The van der Waals surface area contributed by atoms with Crippen LogP contribution in [-0.4, -0.2) is 41.8 Å². The van der Waals surface area contributed by atoms with Crippen LogP contribution < -0.4 is 0 Å². The van der Waals surface area contributed by atoms with E-state index in [9.17, 15) is 14.4 Å². The Morgan fingerprint density at radius 2 is 1.59 bits per heavy atom. The Labute approximate surface area is 190 Å². The van der Waals surface area contributed by atoms with E-state index in [4.69, 9.17) is 4.74 Å². The Kier molecular flexibility index (Phi) is 7.62. The molecule has 0 aliphatic carbocycles. The van der Waals surface area contributed by atoms with Gasteiger partial charge in [0.1, 0.15) is 0 Å². The van der Waals surface area contributed by atoms with Gasteiger partial charge in [0.15, 0.2) is 6.10 Å². The van der Waals surface area contributed by atoms with Crippen LogP contribution in [0.3, 0.4) is 0 Å². The first kappa shape index (κ1) is 23.5. The number of likely N-dealkylation sites (tertiary alicyclic amines) is 1. The molecule has 2 aromatic carbocycles. The largest absolute Gasteiger partial charge is 0.454 e. The van der Waals surface area contributed by atoms with Gasteiger partial charge in [0.2, 0.25) is 11.7 Å². The van der Waals surface area contributed by atoms with E-state index in [0.29, 0.717) is 31.5 Å². The number of Topliss-reactive ketones (excluding diaryl/α,β-unsaturated/α-hetero) is 1. The normalized spacial score (nSPS) is 15.6. The van der Waals surface area contributed by atoms with Gasteiger partial charge in [0.05, 0.1) is 5.92 Å². The summed E-state index contributed by atoms with van der Waals surface area (Å²) in [4.78, 5) is 39.7. The second kappa shape index (κ2) is 10.4. The number of amides is 1. The first-order valence-electron chi connectivity index (χ1n) is 11.1. The summed E-state index contributed by atoms with van der Waals surface area (Å²) in [7, 11) is 0. The summed E-state index contributed by atoms with van der Waals surface area (Å²) in [6.45, 7) is 8.49. The van der Waals surface area contributed by atoms with Crippen LogP contribution in [0, 0.1) is 26.7 Å². The van der Waals surface area contributed by atoms with E-state index in [0.717, 1.165) is 22.3 Å². The molecule has 1 atom stereocenters. The summed E-state index contributed by atoms with van der Waals surface area (Å²) in [6.07, 6.45) is 3.60. The van der Waals surface area contributed by atoms with Crippen molar-refractivity contribution >= 4 is 23.7 Å². The first-order valence-corrected chi connectivity index (χ1v) is 11.1. The van der Waals surface area contributed by atoms with Crippen LogP contribution in [0.1, 0.15) is 52.4 Å². The van der Waals surface area contributed by atoms with Crippen LogP contribution in [0.15, 0.2) is 48.5 Å². The number of benzene rings is 2. The van der Waals surface area contributed by atoms with Crippen molar-refractivity contribution in [1.29, 1.82) is 0 Å². The predicted octanol–water partition coefficient (Wildman–Crippen LogP) is 4.68. The summed E-state index contributed by atoms with van der Waals surface area (Å²) < 4.78 is 5.53. The molecule has 1 fully saturated rings. The zero-order chi connectivity index (χ0) is 23.3. The van der Waals surface area contributed by atoms with Crippen LogP contribution >= 0.6 is 0 Å². The number of nitrogens with zero attached hydrogens (tertiary/aromatic N) is 1. The van der Waals surface area contributed by atoms with Crippen molar-refractivity contribution in [3.63, 3.8) is 0 Å². The van der Waals surface area contributed by atoms with E-state index in [2.05, 4.69) is 0 Å². The number of esters is 1. The molecule has 1 amide bonds. The molecule has 1 heterocycles. The second-order valence-electron chi connectivity index (χ2n) is 8.54. The van der Waals surface area contributed by atoms with Gasteiger partial charge >= 0.3 is 5.97 Å². The molecular formula is C27H31NO4. The second-order valence-corrected chi connectivity index (χ2v) is 8.54. The Hall–Kier alpha value is -3.21. The van der Waals surface area contributed by atoms with E-state index in [1.807, 2.05) is 63.2 Å². The molecule has 0 aromatic heterocycles. The molecule has 0 bridgehead atoms. The Morgan fingerprint density at radius 1 is 0.969 bits per heavy atom. The highest BCUT2D eigenvalue weighted by Crippen LogP contribution is 2.22. The van der Waals surface area contributed by atoms with E-state index >= 15 is 0 Å². The van der Waals surface area contributed by atoms with Gasteiger partial charge in [-0.3, -0.25) is 14.4 Å². The minimum absolute atomic E-state index is 0.0607. The maximum Gasteiger partial charge on any atom is 0.309 e. The van der Waals surface area contributed by atoms with Gasteiger partial charge in [0, 0.05) is 24.7 Å². The fourth-order valence-electron chi connectivity index (χ4n) is 3.94. The van der Waals surface area contributed by atoms with Crippen LogP contribution in [-0.2, 0) is 14.3 Å². The van der Waals surface area contributed by atoms with E-state index in [1.54, 1.807) is 24.0 Å². The molecule has 0 N–H and O–H groups in total. The molecule has 5 heteroatoms. The predicted molar refractivity (Wildman–Crippen MR) is 125 cm³/mol. The number of hydrogen-bond donors (Lipinski definition) is 0. The van der Waals surface area contributed by atoms with Crippen LogP contribution in [0.4, 0.5) is 0 Å². The van der Waals surface area contributed by atoms with E-state index in [-0.39, 0.29) is 23.6 Å². The average molecular weight is 434 g/mol. The summed E-state index contributed by atoms with van der Waals surface area (Å²) in [5.41, 5.74) is 4.62. The first-order chi connectivity index (χ1) is 15.3. The number of piperidine rings is 1. The molecule has 0 saturated carbocycles. The molecule has 3 rings (SSSR count). The molecule has 0 radical (unpaired) electrons. The summed E-state index contributed by atoms with van der Waals surface area (Å²) in [5, 5.41) is 0. The summed E-state index contributed by atoms with van der Waals surface area (Å²) in [6, 6.07) is 13.5. The Morgan fingerprint density at radius 3 is 2.25 bits per heavy atom. The van der Waals surface area contributed by atoms with Crippen molar-refractivity contribution in [3.05, 3.63) is 76.4 Å². The zero-order valence-electron chi connectivity index (χ0n) is 19.3. The van der Waals surface area contributed by atoms with Crippen molar-refractivity contribution in [1.82, 2.24) is 4.90 Å². The van der Waals surface area contributed by atoms with E-state index in [1.165, 1.54) is 0 Å². The highest BCUT2D eigenvalue weighted by atomic mass is 16.5. The number of hydrogen-bond acceptors (Lipinski definition) is 4. The number of ketones is 1. The lowest BCUT2D eigenvalue weighted by Crippen LogP contribution is -2.40.